The molecule has 1 N–H and O–H groups in total. The Bertz CT molecular complexity index is 454. The molecule has 0 aromatic heterocycles. The molecule has 0 heterocycles. The summed E-state index contributed by atoms with van der Waals surface area (Å²) in [5, 5.41) is 3.29. The van der Waals surface area contributed by atoms with Crippen LogP contribution >= 0.6 is 0 Å². The van der Waals surface area contributed by atoms with Crippen molar-refractivity contribution in [1.82, 2.24) is 5.32 Å². The van der Waals surface area contributed by atoms with Crippen molar-refractivity contribution in [2.24, 2.45) is 0 Å². The minimum absolute atomic E-state index is 0.107. The molecule has 0 amide bonds. The monoisotopic (exact) mass is 255 g/mol. The lowest BCUT2D eigenvalue weighted by Crippen LogP contribution is -2.28. The second-order valence-corrected chi connectivity index (χ2v) is 6.70. The van der Waals surface area contributed by atoms with Crippen molar-refractivity contribution in [3.05, 3.63) is 35.4 Å². The molecule has 96 valence electrons. The molecular formula is C13H21NO2S. The van der Waals surface area contributed by atoms with Gasteiger partial charge in [-0.3, -0.25) is 0 Å². The lowest BCUT2D eigenvalue weighted by atomic mass is 10.1. The van der Waals surface area contributed by atoms with Crippen molar-refractivity contribution in [3.63, 3.8) is 0 Å². The SMILES string of the molecule is CCCNC(CS(C)(=O)=O)c1cccc(C)c1. The Hall–Kier alpha value is -0.870. The molecule has 0 saturated carbocycles. The molecule has 0 saturated heterocycles. The highest BCUT2D eigenvalue weighted by Gasteiger charge is 2.16. The third-order valence-electron chi connectivity index (χ3n) is 2.55. The van der Waals surface area contributed by atoms with Crippen LogP contribution in [0.15, 0.2) is 24.3 Å². The Morgan fingerprint density at radius 2 is 2.06 bits per heavy atom. The van der Waals surface area contributed by atoms with Crippen LogP contribution in [-0.2, 0) is 9.84 Å². The lowest BCUT2D eigenvalue weighted by Gasteiger charge is -2.18. The summed E-state index contributed by atoms with van der Waals surface area (Å²) in [6.07, 6.45) is 2.27. The van der Waals surface area contributed by atoms with Crippen LogP contribution < -0.4 is 5.32 Å². The first-order chi connectivity index (χ1) is 7.92. The van der Waals surface area contributed by atoms with Gasteiger partial charge in [0, 0.05) is 12.3 Å². The predicted molar refractivity (Wildman–Crippen MR) is 71.9 cm³/mol. The highest BCUT2D eigenvalue weighted by atomic mass is 32.2. The Labute approximate surface area is 104 Å². The van der Waals surface area contributed by atoms with E-state index in [0.717, 1.165) is 24.1 Å². The van der Waals surface area contributed by atoms with Gasteiger partial charge in [-0.1, -0.05) is 36.8 Å². The average molecular weight is 255 g/mol. The molecule has 1 rings (SSSR count). The molecule has 1 aromatic carbocycles. The van der Waals surface area contributed by atoms with Crippen molar-refractivity contribution in [3.8, 4) is 0 Å². The first-order valence-corrected chi connectivity index (χ1v) is 7.96. The van der Waals surface area contributed by atoms with E-state index < -0.39 is 9.84 Å². The number of hydrogen-bond donors (Lipinski definition) is 1. The first kappa shape index (κ1) is 14.2. The summed E-state index contributed by atoms with van der Waals surface area (Å²) < 4.78 is 22.8. The van der Waals surface area contributed by atoms with Gasteiger partial charge >= 0.3 is 0 Å². The molecule has 0 bridgehead atoms. The van der Waals surface area contributed by atoms with E-state index in [1.54, 1.807) is 0 Å². The van der Waals surface area contributed by atoms with E-state index in [1.807, 2.05) is 31.2 Å². The second kappa shape index (κ2) is 6.17. The van der Waals surface area contributed by atoms with Gasteiger partial charge < -0.3 is 5.32 Å². The van der Waals surface area contributed by atoms with Crippen molar-refractivity contribution in [1.29, 1.82) is 0 Å². The molecule has 0 fully saturated rings. The fourth-order valence-electron chi connectivity index (χ4n) is 1.78. The fraction of sp³-hybridized carbons (Fsp3) is 0.538. The summed E-state index contributed by atoms with van der Waals surface area (Å²) in [4.78, 5) is 0. The van der Waals surface area contributed by atoms with Gasteiger partial charge in [0.15, 0.2) is 0 Å². The van der Waals surface area contributed by atoms with Gasteiger partial charge in [-0.05, 0) is 25.5 Å². The summed E-state index contributed by atoms with van der Waals surface area (Å²) in [6.45, 7) is 4.91. The topological polar surface area (TPSA) is 46.2 Å². The standard InChI is InChI=1S/C13H21NO2S/c1-4-8-14-13(10-17(3,15)16)12-7-5-6-11(2)9-12/h5-7,9,13-14H,4,8,10H2,1-3H3. The summed E-state index contributed by atoms with van der Waals surface area (Å²) >= 11 is 0. The number of hydrogen-bond acceptors (Lipinski definition) is 3. The Morgan fingerprint density at radius 1 is 1.35 bits per heavy atom. The molecule has 1 aromatic rings. The summed E-state index contributed by atoms with van der Waals surface area (Å²) in [6, 6.07) is 7.89. The molecule has 1 atom stereocenters. The summed E-state index contributed by atoms with van der Waals surface area (Å²) in [7, 11) is -2.98. The molecule has 0 aliphatic rings. The molecule has 4 heteroatoms. The minimum atomic E-state index is -2.98. The quantitative estimate of drug-likeness (QED) is 0.846. The third kappa shape index (κ3) is 5.33. The van der Waals surface area contributed by atoms with E-state index in [2.05, 4.69) is 12.2 Å². The zero-order chi connectivity index (χ0) is 12.9. The maximum absolute atomic E-state index is 11.4. The smallest absolute Gasteiger partial charge is 0.149 e. The first-order valence-electron chi connectivity index (χ1n) is 5.90. The van der Waals surface area contributed by atoms with Crippen molar-refractivity contribution in [2.45, 2.75) is 26.3 Å². The molecule has 0 spiro atoms. The van der Waals surface area contributed by atoms with Crippen LogP contribution in [-0.4, -0.2) is 27.0 Å². The maximum Gasteiger partial charge on any atom is 0.149 e. The fourth-order valence-corrected chi connectivity index (χ4v) is 2.70. The van der Waals surface area contributed by atoms with Crippen LogP contribution in [0.3, 0.4) is 0 Å². The van der Waals surface area contributed by atoms with Gasteiger partial charge in [-0.25, -0.2) is 8.42 Å². The Balaban J connectivity index is 2.89. The zero-order valence-electron chi connectivity index (χ0n) is 10.7. The zero-order valence-corrected chi connectivity index (χ0v) is 11.5. The molecule has 17 heavy (non-hydrogen) atoms. The van der Waals surface area contributed by atoms with Crippen LogP contribution in [0.25, 0.3) is 0 Å². The van der Waals surface area contributed by atoms with E-state index in [9.17, 15) is 8.42 Å². The number of benzene rings is 1. The van der Waals surface area contributed by atoms with E-state index >= 15 is 0 Å². The Morgan fingerprint density at radius 3 is 2.59 bits per heavy atom. The average Bonchev–Trinajstić information content (AvgIpc) is 2.22. The van der Waals surface area contributed by atoms with Gasteiger partial charge in [-0.15, -0.1) is 0 Å². The molecular weight excluding hydrogens is 234 g/mol. The normalized spacial score (nSPS) is 13.6. The number of aryl methyl sites for hydroxylation is 1. The largest absolute Gasteiger partial charge is 0.309 e. The van der Waals surface area contributed by atoms with Crippen molar-refractivity contribution in [2.75, 3.05) is 18.6 Å². The Kier molecular flexibility index (Phi) is 5.15. The van der Waals surface area contributed by atoms with Crippen LogP contribution in [0.2, 0.25) is 0 Å². The molecule has 3 nitrogen and oxygen atoms in total. The molecule has 0 aliphatic heterocycles. The number of sulfone groups is 1. The third-order valence-corrected chi connectivity index (χ3v) is 3.49. The highest BCUT2D eigenvalue weighted by Crippen LogP contribution is 2.16. The lowest BCUT2D eigenvalue weighted by molar-refractivity contribution is 0.549. The van der Waals surface area contributed by atoms with E-state index in [0.29, 0.717) is 0 Å². The van der Waals surface area contributed by atoms with E-state index in [-0.39, 0.29) is 11.8 Å². The summed E-state index contributed by atoms with van der Waals surface area (Å²) in [5.74, 6) is 0.149. The molecule has 0 radical (unpaired) electrons. The molecule has 0 aliphatic carbocycles. The van der Waals surface area contributed by atoms with Gasteiger partial charge in [-0.2, -0.15) is 0 Å². The summed E-state index contributed by atoms with van der Waals surface area (Å²) in [5.41, 5.74) is 2.20. The number of rotatable bonds is 6. The van der Waals surface area contributed by atoms with Crippen LogP contribution in [0, 0.1) is 6.92 Å². The van der Waals surface area contributed by atoms with Crippen molar-refractivity contribution < 1.29 is 8.42 Å². The predicted octanol–water partition coefficient (Wildman–Crippen LogP) is 2.08. The maximum atomic E-state index is 11.4. The van der Waals surface area contributed by atoms with Crippen LogP contribution in [0.1, 0.15) is 30.5 Å². The highest BCUT2D eigenvalue weighted by molar-refractivity contribution is 7.90. The van der Waals surface area contributed by atoms with Gasteiger partial charge in [0.05, 0.1) is 5.75 Å². The van der Waals surface area contributed by atoms with Crippen LogP contribution in [0.5, 0.6) is 0 Å². The number of nitrogens with one attached hydrogen (secondary N) is 1. The minimum Gasteiger partial charge on any atom is -0.309 e. The van der Waals surface area contributed by atoms with Gasteiger partial charge in [0.2, 0.25) is 0 Å². The van der Waals surface area contributed by atoms with Gasteiger partial charge in [0.1, 0.15) is 9.84 Å². The second-order valence-electron chi connectivity index (χ2n) is 4.51. The van der Waals surface area contributed by atoms with E-state index in [1.165, 1.54) is 6.26 Å². The van der Waals surface area contributed by atoms with E-state index in [4.69, 9.17) is 0 Å². The van der Waals surface area contributed by atoms with Crippen LogP contribution in [0.4, 0.5) is 0 Å². The van der Waals surface area contributed by atoms with Gasteiger partial charge in [0.25, 0.3) is 0 Å². The van der Waals surface area contributed by atoms with Crippen molar-refractivity contribution >= 4 is 9.84 Å². The molecule has 1 unspecified atom stereocenters.